The lowest BCUT2D eigenvalue weighted by molar-refractivity contribution is 0.186. The fourth-order valence-corrected chi connectivity index (χ4v) is 4.50. The van der Waals surface area contributed by atoms with E-state index in [2.05, 4.69) is 67.8 Å². The second-order valence-electron chi connectivity index (χ2n) is 9.12. The van der Waals surface area contributed by atoms with Gasteiger partial charge < -0.3 is 9.30 Å². The number of nitrogens with zero attached hydrogens (tertiary/aromatic N) is 2. The van der Waals surface area contributed by atoms with E-state index in [0.29, 0.717) is 0 Å². The molecule has 2 aromatic carbocycles. The molecule has 0 fully saturated rings. The molecule has 1 aromatic heterocycles. The number of aromatic nitrogens is 2. The fraction of sp³-hybridized carbons (Fsp3) is 0.552. The number of benzene rings is 2. The lowest BCUT2D eigenvalue weighted by Crippen LogP contribution is -2.14. The van der Waals surface area contributed by atoms with Crippen molar-refractivity contribution in [2.75, 3.05) is 0 Å². The third kappa shape index (κ3) is 7.12. The standard InChI is InChI=1S/C29H42N2O/c1-4-6-7-8-9-10-11-12-13-16-22-31-27-21-15-14-20-26(27)30-29(31)28(5-2)32-25-19-17-18-24(3)23-25/h14-15,17-21,23,28H,4-13,16,22H2,1-3H3. The van der Waals surface area contributed by atoms with Crippen LogP contribution in [0.5, 0.6) is 5.75 Å². The molecule has 0 spiro atoms. The number of hydrogen-bond acceptors (Lipinski definition) is 2. The van der Waals surface area contributed by atoms with Crippen LogP contribution >= 0.6 is 0 Å². The Morgan fingerprint density at radius 2 is 1.50 bits per heavy atom. The summed E-state index contributed by atoms with van der Waals surface area (Å²) < 4.78 is 8.82. The van der Waals surface area contributed by atoms with Crippen molar-refractivity contribution in [1.82, 2.24) is 9.55 Å². The van der Waals surface area contributed by atoms with Gasteiger partial charge in [0.05, 0.1) is 11.0 Å². The third-order valence-electron chi connectivity index (χ3n) is 6.35. The van der Waals surface area contributed by atoms with Gasteiger partial charge in [-0.15, -0.1) is 0 Å². The van der Waals surface area contributed by atoms with Crippen LogP contribution in [-0.2, 0) is 6.54 Å². The maximum atomic E-state index is 6.42. The first-order valence-electron chi connectivity index (χ1n) is 12.9. The molecule has 3 heteroatoms. The van der Waals surface area contributed by atoms with E-state index in [1.165, 1.54) is 75.3 Å². The number of rotatable bonds is 15. The van der Waals surface area contributed by atoms with Gasteiger partial charge in [0.15, 0.2) is 11.9 Å². The highest BCUT2D eigenvalue weighted by Gasteiger charge is 2.20. The molecule has 174 valence electrons. The van der Waals surface area contributed by atoms with Crippen LogP contribution in [0.3, 0.4) is 0 Å². The minimum atomic E-state index is -0.0349. The number of imidazole rings is 1. The van der Waals surface area contributed by atoms with Gasteiger partial charge in [-0.2, -0.15) is 0 Å². The minimum absolute atomic E-state index is 0.0349. The summed E-state index contributed by atoms with van der Waals surface area (Å²) in [6.07, 6.45) is 14.4. The van der Waals surface area contributed by atoms with Gasteiger partial charge in [-0.3, -0.25) is 0 Å². The molecule has 0 radical (unpaired) electrons. The van der Waals surface area contributed by atoms with Crippen molar-refractivity contribution in [2.24, 2.45) is 0 Å². The zero-order chi connectivity index (χ0) is 22.6. The zero-order valence-corrected chi connectivity index (χ0v) is 20.5. The van der Waals surface area contributed by atoms with E-state index in [1.807, 2.05) is 6.07 Å². The average Bonchev–Trinajstić information content (AvgIpc) is 3.17. The van der Waals surface area contributed by atoms with Gasteiger partial charge in [0.25, 0.3) is 0 Å². The highest BCUT2D eigenvalue weighted by molar-refractivity contribution is 5.76. The largest absolute Gasteiger partial charge is 0.483 e. The number of ether oxygens (including phenoxy) is 1. The molecular weight excluding hydrogens is 392 g/mol. The molecule has 1 atom stereocenters. The first kappa shape index (κ1) is 24.4. The van der Waals surface area contributed by atoms with Crippen molar-refractivity contribution in [2.45, 2.75) is 104 Å². The number of para-hydroxylation sites is 2. The quantitative estimate of drug-likeness (QED) is 0.223. The summed E-state index contributed by atoms with van der Waals surface area (Å²) in [7, 11) is 0. The molecule has 0 aliphatic carbocycles. The van der Waals surface area contributed by atoms with Crippen LogP contribution in [0.2, 0.25) is 0 Å². The maximum absolute atomic E-state index is 6.42. The molecule has 3 aromatic rings. The van der Waals surface area contributed by atoms with Crippen molar-refractivity contribution >= 4 is 11.0 Å². The Bertz CT molecular complexity index is 930. The highest BCUT2D eigenvalue weighted by atomic mass is 16.5. The maximum Gasteiger partial charge on any atom is 0.156 e. The van der Waals surface area contributed by atoms with Crippen LogP contribution in [0.4, 0.5) is 0 Å². The predicted octanol–water partition coefficient (Wildman–Crippen LogP) is 8.80. The van der Waals surface area contributed by atoms with Crippen molar-refractivity contribution < 1.29 is 4.74 Å². The van der Waals surface area contributed by atoms with E-state index in [0.717, 1.165) is 30.1 Å². The van der Waals surface area contributed by atoms with Gasteiger partial charge in [-0.25, -0.2) is 4.98 Å². The number of unbranched alkanes of at least 4 members (excludes halogenated alkanes) is 9. The Kier molecular flexibility index (Phi) is 10.1. The van der Waals surface area contributed by atoms with Gasteiger partial charge >= 0.3 is 0 Å². The van der Waals surface area contributed by atoms with Crippen molar-refractivity contribution in [3.8, 4) is 5.75 Å². The molecule has 1 heterocycles. The molecule has 32 heavy (non-hydrogen) atoms. The Morgan fingerprint density at radius 3 is 2.19 bits per heavy atom. The molecule has 0 saturated carbocycles. The average molecular weight is 435 g/mol. The van der Waals surface area contributed by atoms with Gasteiger partial charge in [0, 0.05) is 6.54 Å². The molecule has 0 N–H and O–H groups in total. The lowest BCUT2D eigenvalue weighted by Gasteiger charge is -2.19. The summed E-state index contributed by atoms with van der Waals surface area (Å²) in [6.45, 7) is 7.59. The van der Waals surface area contributed by atoms with Gasteiger partial charge in [0.2, 0.25) is 0 Å². The van der Waals surface area contributed by atoms with Crippen molar-refractivity contribution in [3.05, 3.63) is 59.9 Å². The first-order valence-corrected chi connectivity index (χ1v) is 12.9. The number of fused-ring (bicyclic) bond motifs is 1. The van der Waals surface area contributed by atoms with Crippen molar-refractivity contribution in [1.29, 1.82) is 0 Å². The number of aryl methyl sites for hydroxylation is 2. The van der Waals surface area contributed by atoms with E-state index < -0.39 is 0 Å². The Balaban J connectivity index is 1.59. The minimum Gasteiger partial charge on any atom is -0.483 e. The Hall–Kier alpha value is -2.29. The molecular formula is C29H42N2O. The van der Waals surface area contributed by atoms with E-state index in [-0.39, 0.29) is 6.10 Å². The summed E-state index contributed by atoms with van der Waals surface area (Å²) in [4.78, 5) is 5.00. The van der Waals surface area contributed by atoms with Gasteiger partial charge in [-0.05, 0) is 49.6 Å². The predicted molar refractivity (Wildman–Crippen MR) is 136 cm³/mol. The normalized spacial score (nSPS) is 12.3. The van der Waals surface area contributed by atoms with E-state index in [9.17, 15) is 0 Å². The summed E-state index contributed by atoms with van der Waals surface area (Å²) >= 11 is 0. The highest BCUT2D eigenvalue weighted by Crippen LogP contribution is 2.28. The molecule has 3 nitrogen and oxygen atoms in total. The smallest absolute Gasteiger partial charge is 0.156 e. The monoisotopic (exact) mass is 434 g/mol. The molecule has 0 bridgehead atoms. The van der Waals surface area contributed by atoms with E-state index in [1.54, 1.807) is 0 Å². The third-order valence-corrected chi connectivity index (χ3v) is 6.35. The summed E-state index contributed by atoms with van der Waals surface area (Å²) in [5.74, 6) is 1.99. The van der Waals surface area contributed by atoms with Gasteiger partial charge in [-0.1, -0.05) is 95.9 Å². The Labute approximate surface area is 195 Å². The van der Waals surface area contributed by atoms with Crippen LogP contribution in [0.1, 0.15) is 102 Å². The molecule has 3 rings (SSSR count). The summed E-state index contributed by atoms with van der Waals surface area (Å²) in [6, 6.07) is 16.8. The van der Waals surface area contributed by atoms with Crippen LogP contribution in [0, 0.1) is 6.92 Å². The second kappa shape index (κ2) is 13.3. The lowest BCUT2D eigenvalue weighted by atomic mass is 10.1. The second-order valence-corrected chi connectivity index (χ2v) is 9.12. The topological polar surface area (TPSA) is 27.1 Å². The summed E-state index contributed by atoms with van der Waals surface area (Å²) in [5, 5.41) is 0. The van der Waals surface area contributed by atoms with E-state index in [4.69, 9.17) is 9.72 Å². The van der Waals surface area contributed by atoms with E-state index >= 15 is 0 Å². The van der Waals surface area contributed by atoms with Crippen LogP contribution < -0.4 is 4.74 Å². The Morgan fingerprint density at radius 1 is 0.812 bits per heavy atom. The first-order chi connectivity index (χ1) is 15.7. The molecule has 0 amide bonds. The SMILES string of the molecule is CCCCCCCCCCCCn1c(C(CC)Oc2cccc(C)c2)nc2ccccc21. The summed E-state index contributed by atoms with van der Waals surface area (Å²) in [5.41, 5.74) is 3.52. The molecule has 0 aliphatic heterocycles. The zero-order valence-electron chi connectivity index (χ0n) is 20.5. The molecule has 0 aliphatic rings. The molecule has 1 unspecified atom stereocenters. The van der Waals surface area contributed by atoms with Crippen molar-refractivity contribution in [3.63, 3.8) is 0 Å². The fourth-order valence-electron chi connectivity index (χ4n) is 4.50. The van der Waals surface area contributed by atoms with Gasteiger partial charge in [0.1, 0.15) is 5.75 Å². The van der Waals surface area contributed by atoms with Crippen LogP contribution in [-0.4, -0.2) is 9.55 Å². The van der Waals surface area contributed by atoms with Crippen LogP contribution in [0.15, 0.2) is 48.5 Å². The number of hydrogen-bond donors (Lipinski definition) is 0. The molecule has 0 saturated heterocycles. The van der Waals surface area contributed by atoms with Crippen LogP contribution in [0.25, 0.3) is 11.0 Å².